The molecule has 2 amide bonds. The molecule has 1 aliphatic rings. The van der Waals surface area contributed by atoms with Crippen molar-refractivity contribution in [1.82, 2.24) is 5.32 Å². The van der Waals surface area contributed by atoms with Crippen molar-refractivity contribution < 1.29 is 18.7 Å². The molecular weight excluding hydrogens is 239 g/mol. The smallest absolute Gasteiger partial charge is 0.319 e. The van der Waals surface area contributed by atoms with Gasteiger partial charge in [0, 0.05) is 18.2 Å². The minimum absolute atomic E-state index is 0.101. The molecule has 1 aliphatic heterocycles. The van der Waals surface area contributed by atoms with Crippen molar-refractivity contribution in [2.24, 2.45) is 0 Å². The summed E-state index contributed by atoms with van der Waals surface area (Å²) in [6, 6.07) is 2.19. The van der Waals surface area contributed by atoms with Gasteiger partial charge in [-0.25, -0.2) is 9.18 Å². The number of benzene rings is 1. The fraction of sp³-hybridized carbons (Fsp3) is 0.417. The lowest BCUT2D eigenvalue weighted by Gasteiger charge is -2.21. The Labute approximate surface area is 104 Å². The number of hydrogen-bond donors (Lipinski definition) is 2. The van der Waals surface area contributed by atoms with E-state index >= 15 is 0 Å². The molecule has 1 heterocycles. The Balaban J connectivity index is 2.16. The van der Waals surface area contributed by atoms with Crippen molar-refractivity contribution in [2.75, 3.05) is 18.7 Å². The second-order valence-electron chi connectivity index (χ2n) is 3.93. The molecule has 0 saturated heterocycles. The summed E-state index contributed by atoms with van der Waals surface area (Å²) in [5, 5.41) is 5.22. The maximum atomic E-state index is 13.4. The van der Waals surface area contributed by atoms with Gasteiger partial charge >= 0.3 is 6.03 Å². The highest BCUT2D eigenvalue weighted by molar-refractivity contribution is 5.91. The number of urea groups is 1. The standard InChI is InChI=1S/C12H15FN2O3/c1-2-3-14-12(16)15-10-5-9(13)4-8-6-17-7-18-11(8)10/h4-5H,2-3,6-7H2,1H3,(H2,14,15,16). The van der Waals surface area contributed by atoms with Crippen LogP contribution < -0.4 is 15.4 Å². The van der Waals surface area contributed by atoms with E-state index < -0.39 is 5.82 Å². The Hall–Kier alpha value is -1.82. The Kier molecular flexibility index (Phi) is 3.99. The van der Waals surface area contributed by atoms with Crippen molar-refractivity contribution in [1.29, 1.82) is 0 Å². The third-order valence-corrected chi connectivity index (χ3v) is 2.46. The summed E-state index contributed by atoms with van der Waals surface area (Å²) in [5.41, 5.74) is 0.911. The SMILES string of the molecule is CCCNC(=O)Nc1cc(F)cc2c1OCOC2. The van der Waals surface area contributed by atoms with Crippen molar-refractivity contribution in [3.05, 3.63) is 23.5 Å². The van der Waals surface area contributed by atoms with Crippen LogP contribution in [0.1, 0.15) is 18.9 Å². The van der Waals surface area contributed by atoms with Gasteiger partial charge in [-0.05, 0) is 12.5 Å². The van der Waals surface area contributed by atoms with Crippen LogP contribution in [0, 0.1) is 5.82 Å². The summed E-state index contributed by atoms with van der Waals surface area (Å²) in [4.78, 5) is 11.5. The van der Waals surface area contributed by atoms with Crippen LogP contribution in [0.2, 0.25) is 0 Å². The lowest BCUT2D eigenvalue weighted by molar-refractivity contribution is -0.0160. The minimum atomic E-state index is -0.436. The Morgan fingerprint density at radius 1 is 1.50 bits per heavy atom. The minimum Gasteiger partial charge on any atom is -0.465 e. The van der Waals surface area contributed by atoms with Crippen LogP contribution in [0.3, 0.4) is 0 Å². The van der Waals surface area contributed by atoms with Crippen LogP contribution in [0.5, 0.6) is 5.75 Å². The Bertz CT molecular complexity index is 451. The largest absolute Gasteiger partial charge is 0.465 e. The molecule has 0 aromatic heterocycles. The van der Waals surface area contributed by atoms with Gasteiger partial charge in [-0.2, -0.15) is 0 Å². The van der Waals surface area contributed by atoms with Crippen LogP contribution in [-0.4, -0.2) is 19.4 Å². The molecule has 6 heteroatoms. The van der Waals surface area contributed by atoms with Crippen LogP contribution in [0.4, 0.5) is 14.9 Å². The predicted molar refractivity (Wildman–Crippen MR) is 64.0 cm³/mol. The highest BCUT2D eigenvalue weighted by atomic mass is 19.1. The Morgan fingerprint density at radius 2 is 2.33 bits per heavy atom. The van der Waals surface area contributed by atoms with Crippen LogP contribution >= 0.6 is 0 Å². The molecule has 1 aromatic carbocycles. The molecule has 0 fully saturated rings. The number of ether oxygens (including phenoxy) is 2. The molecular formula is C12H15FN2O3. The van der Waals surface area contributed by atoms with Gasteiger partial charge in [0.25, 0.3) is 0 Å². The lowest BCUT2D eigenvalue weighted by atomic mass is 10.1. The molecule has 18 heavy (non-hydrogen) atoms. The van der Waals surface area contributed by atoms with E-state index in [1.165, 1.54) is 12.1 Å². The number of anilines is 1. The van der Waals surface area contributed by atoms with Crippen molar-refractivity contribution in [2.45, 2.75) is 20.0 Å². The number of halogens is 1. The van der Waals surface area contributed by atoms with Gasteiger partial charge in [0.1, 0.15) is 5.82 Å². The van der Waals surface area contributed by atoms with E-state index in [0.29, 0.717) is 23.5 Å². The quantitative estimate of drug-likeness (QED) is 0.869. The predicted octanol–water partition coefficient (Wildman–Crippen LogP) is 2.22. The lowest BCUT2D eigenvalue weighted by Crippen LogP contribution is -2.29. The van der Waals surface area contributed by atoms with Gasteiger partial charge in [-0.1, -0.05) is 6.92 Å². The topological polar surface area (TPSA) is 59.6 Å². The third kappa shape index (κ3) is 2.89. The number of fused-ring (bicyclic) bond motifs is 1. The van der Waals surface area contributed by atoms with Crippen molar-refractivity contribution in [3.8, 4) is 5.75 Å². The average molecular weight is 254 g/mol. The second kappa shape index (κ2) is 5.68. The molecule has 2 N–H and O–H groups in total. The molecule has 0 radical (unpaired) electrons. The molecule has 2 rings (SSSR count). The highest BCUT2D eigenvalue weighted by Gasteiger charge is 2.18. The molecule has 0 aliphatic carbocycles. The first-order chi connectivity index (χ1) is 8.70. The fourth-order valence-electron chi connectivity index (χ4n) is 1.68. The molecule has 0 bridgehead atoms. The first-order valence-corrected chi connectivity index (χ1v) is 5.78. The molecule has 0 saturated carbocycles. The summed E-state index contributed by atoms with van der Waals surface area (Å²) in [7, 11) is 0. The summed E-state index contributed by atoms with van der Waals surface area (Å²) in [5.74, 6) is 0.0305. The van der Waals surface area contributed by atoms with Crippen molar-refractivity contribution in [3.63, 3.8) is 0 Å². The van der Waals surface area contributed by atoms with Gasteiger partial charge < -0.3 is 20.1 Å². The van der Waals surface area contributed by atoms with Crippen LogP contribution in [0.15, 0.2) is 12.1 Å². The zero-order valence-electron chi connectivity index (χ0n) is 10.1. The monoisotopic (exact) mass is 254 g/mol. The number of amides is 2. The van der Waals surface area contributed by atoms with Gasteiger partial charge in [0.15, 0.2) is 12.5 Å². The third-order valence-electron chi connectivity index (χ3n) is 2.46. The molecule has 1 aromatic rings. The number of nitrogens with one attached hydrogen (secondary N) is 2. The van der Waals surface area contributed by atoms with E-state index in [-0.39, 0.29) is 19.4 Å². The van der Waals surface area contributed by atoms with Gasteiger partial charge in [-0.15, -0.1) is 0 Å². The zero-order chi connectivity index (χ0) is 13.0. The van der Waals surface area contributed by atoms with E-state index in [2.05, 4.69) is 10.6 Å². The molecule has 0 spiro atoms. The Morgan fingerprint density at radius 3 is 3.11 bits per heavy atom. The first-order valence-electron chi connectivity index (χ1n) is 5.78. The van der Waals surface area contributed by atoms with Crippen LogP contribution in [0.25, 0.3) is 0 Å². The number of carbonyl (C=O) groups excluding carboxylic acids is 1. The normalized spacial score (nSPS) is 13.4. The number of rotatable bonds is 3. The molecule has 0 unspecified atom stereocenters. The van der Waals surface area contributed by atoms with Gasteiger partial charge in [-0.3, -0.25) is 0 Å². The van der Waals surface area contributed by atoms with Gasteiger partial charge in [0.05, 0.1) is 12.3 Å². The maximum absolute atomic E-state index is 13.4. The van der Waals surface area contributed by atoms with E-state index in [1.807, 2.05) is 6.92 Å². The van der Waals surface area contributed by atoms with E-state index in [0.717, 1.165) is 6.42 Å². The molecule has 5 nitrogen and oxygen atoms in total. The highest BCUT2D eigenvalue weighted by Crippen LogP contribution is 2.33. The summed E-state index contributed by atoms with van der Waals surface area (Å²) < 4.78 is 23.7. The van der Waals surface area contributed by atoms with E-state index in [1.54, 1.807) is 0 Å². The molecule has 0 atom stereocenters. The maximum Gasteiger partial charge on any atom is 0.319 e. The second-order valence-corrected chi connectivity index (χ2v) is 3.93. The van der Waals surface area contributed by atoms with Crippen LogP contribution in [-0.2, 0) is 11.3 Å². The zero-order valence-corrected chi connectivity index (χ0v) is 10.1. The van der Waals surface area contributed by atoms with E-state index in [4.69, 9.17) is 9.47 Å². The number of carbonyl (C=O) groups is 1. The molecule has 98 valence electrons. The van der Waals surface area contributed by atoms with E-state index in [9.17, 15) is 9.18 Å². The fourth-order valence-corrected chi connectivity index (χ4v) is 1.68. The average Bonchev–Trinajstić information content (AvgIpc) is 2.36. The van der Waals surface area contributed by atoms with Crippen molar-refractivity contribution >= 4 is 11.7 Å². The first kappa shape index (κ1) is 12.6. The number of hydrogen-bond acceptors (Lipinski definition) is 3. The van der Waals surface area contributed by atoms with Gasteiger partial charge in [0.2, 0.25) is 0 Å². The summed E-state index contributed by atoms with van der Waals surface area (Å²) in [6.07, 6.45) is 0.832. The summed E-state index contributed by atoms with van der Waals surface area (Å²) in [6.45, 7) is 2.89. The summed E-state index contributed by atoms with van der Waals surface area (Å²) >= 11 is 0.